The van der Waals surface area contributed by atoms with Gasteiger partial charge in [0.15, 0.2) is 11.5 Å². The number of hydrogen-bond donors (Lipinski definition) is 1. The Morgan fingerprint density at radius 3 is 2.02 bits per heavy atom. The molecule has 224 valence electrons. The number of ether oxygens (including phenoxy) is 3. The third-order valence-electron chi connectivity index (χ3n) is 5.71. The molecule has 0 atom stereocenters. The lowest BCUT2D eigenvalue weighted by atomic mass is 10.1. The van der Waals surface area contributed by atoms with Gasteiger partial charge in [0.2, 0.25) is 5.75 Å². The second-order valence-electron chi connectivity index (χ2n) is 8.62. The van der Waals surface area contributed by atoms with Crippen LogP contribution in [0, 0.1) is 15.9 Å². The van der Waals surface area contributed by atoms with Crippen molar-refractivity contribution in [1.29, 1.82) is 0 Å². The summed E-state index contributed by atoms with van der Waals surface area (Å²) in [6.07, 6.45) is -9.73. The monoisotopic (exact) mass is 610 g/mol. The maximum absolute atomic E-state index is 13.8. The molecule has 0 bridgehead atoms. The zero-order valence-electron chi connectivity index (χ0n) is 21.5. The van der Waals surface area contributed by atoms with E-state index in [1.165, 1.54) is 0 Å². The molecule has 4 aromatic rings. The van der Waals surface area contributed by atoms with Gasteiger partial charge >= 0.3 is 18.0 Å². The molecule has 1 amide bonds. The van der Waals surface area contributed by atoms with E-state index in [-0.39, 0.29) is 28.5 Å². The van der Waals surface area contributed by atoms with Crippen molar-refractivity contribution >= 4 is 17.3 Å². The van der Waals surface area contributed by atoms with Gasteiger partial charge in [-0.1, -0.05) is 0 Å². The summed E-state index contributed by atoms with van der Waals surface area (Å²) in [4.78, 5) is 23.1. The molecule has 4 rings (SSSR count). The maximum atomic E-state index is 13.8. The van der Waals surface area contributed by atoms with E-state index in [0.29, 0.717) is 18.2 Å². The predicted molar refractivity (Wildman–Crippen MR) is 137 cm³/mol. The van der Waals surface area contributed by atoms with Crippen LogP contribution in [-0.4, -0.2) is 17.9 Å². The molecule has 0 unspecified atom stereocenters. The predicted octanol–water partition coefficient (Wildman–Crippen LogP) is 8.62. The highest BCUT2D eigenvalue weighted by atomic mass is 19.4. The van der Waals surface area contributed by atoms with Crippen LogP contribution in [0.4, 0.5) is 42.1 Å². The fourth-order valence-corrected chi connectivity index (χ4v) is 3.69. The highest BCUT2D eigenvalue weighted by Gasteiger charge is 2.36. The number of nitrogens with one attached hydrogen (secondary N) is 1. The Kier molecular flexibility index (Phi) is 8.45. The summed E-state index contributed by atoms with van der Waals surface area (Å²) in [6.45, 7) is 0. The zero-order chi connectivity index (χ0) is 31.5. The summed E-state index contributed by atoms with van der Waals surface area (Å²) >= 11 is 0. The van der Waals surface area contributed by atoms with Crippen LogP contribution in [0.1, 0.15) is 21.5 Å². The first-order valence-electron chi connectivity index (χ1n) is 11.8. The third-order valence-corrected chi connectivity index (χ3v) is 5.71. The van der Waals surface area contributed by atoms with Gasteiger partial charge in [-0.05, 0) is 72.8 Å². The molecule has 0 heterocycles. The third kappa shape index (κ3) is 7.30. The van der Waals surface area contributed by atoms with E-state index in [1.807, 2.05) is 0 Å². The number of alkyl halides is 6. The molecule has 0 aliphatic heterocycles. The number of rotatable bonds is 8. The molecule has 15 heteroatoms. The van der Waals surface area contributed by atoms with E-state index >= 15 is 0 Å². The standard InChI is InChI=1S/C28H17F7N2O6/c1-41-25-12-15(2-9-24(25)43-23-10-3-16(27(30,31)32)13-21(23)37(39)40)26(38)36-18-6-11-22(20(14-18)28(33,34)35)42-19-7-4-17(29)5-8-19/h2-14H,1H3,(H,36,38). The smallest absolute Gasteiger partial charge is 0.420 e. The van der Waals surface area contributed by atoms with Crippen LogP contribution in [0.2, 0.25) is 0 Å². The Hall–Kier alpha value is -5.34. The van der Waals surface area contributed by atoms with Gasteiger partial charge in [0.1, 0.15) is 22.9 Å². The molecule has 0 aliphatic rings. The number of benzene rings is 4. The Labute approximate surface area is 237 Å². The van der Waals surface area contributed by atoms with Gasteiger partial charge in [-0.25, -0.2) is 4.39 Å². The van der Waals surface area contributed by atoms with Crippen LogP contribution >= 0.6 is 0 Å². The topological polar surface area (TPSA) is 99.9 Å². The SMILES string of the molecule is COc1cc(C(=O)Nc2ccc(Oc3ccc(F)cc3)c(C(F)(F)F)c2)ccc1Oc1ccc(C(F)(F)F)cc1[N+](=O)[O-]. The first-order valence-corrected chi connectivity index (χ1v) is 11.8. The van der Waals surface area contributed by atoms with E-state index in [0.717, 1.165) is 67.8 Å². The van der Waals surface area contributed by atoms with E-state index in [2.05, 4.69) is 5.32 Å². The molecule has 0 saturated heterocycles. The number of hydrogen-bond acceptors (Lipinski definition) is 6. The Morgan fingerprint density at radius 2 is 1.42 bits per heavy atom. The molecule has 1 N–H and O–H groups in total. The van der Waals surface area contributed by atoms with Crippen LogP contribution in [0.25, 0.3) is 0 Å². The highest BCUT2D eigenvalue weighted by molar-refractivity contribution is 6.04. The molecular formula is C28H17F7N2O6. The van der Waals surface area contributed by atoms with Crippen molar-refractivity contribution < 1.29 is 54.7 Å². The summed E-state index contributed by atoms with van der Waals surface area (Å²) < 4.78 is 109. The quantitative estimate of drug-likeness (QED) is 0.122. The summed E-state index contributed by atoms with van der Waals surface area (Å²) in [7, 11) is 1.15. The molecule has 0 fully saturated rings. The van der Waals surface area contributed by atoms with E-state index in [9.17, 15) is 45.6 Å². The van der Waals surface area contributed by atoms with Crippen molar-refractivity contribution in [3.05, 3.63) is 111 Å². The summed E-state index contributed by atoms with van der Waals surface area (Å²) in [5.74, 6) is -3.07. The lowest BCUT2D eigenvalue weighted by Crippen LogP contribution is -2.14. The van der Waals surface area contributed by atoms with Crippen molar-refractivity contribution in [3.63, 3.8) is 0 Å². The Balaban J connectivity index is 1.57. The van der Waals surface area contributed by atoms with Crippen molar-refractivity contribution in [1.82, 2.24) is 0 Å². The fourth-order valence-electron chi connectivity index (χ4n) is 3.69. The van der Waals surface area contributed by atoms with Crippen LogP contribution in [0.15, 0.2) is 78.9 Å². The number of carbonyl (C=O) groups is 1. The fraction of sp³-hybridized carbons (Fsp3) is 0.107. The second kappa shape index (κ2) is 11.9. The molecular weight excluding hydrogens is 593 g/mol. The lowest BCUT2D eigenvalue weighted by Gasteiger charge is -2.16. The van der Waals surface area contributed by atoms with Crippen molar-refractivity contribution in [3.8, 4) is 28.7 Å². The van der Waals surface area contributed by atoms with Crippen LogP contribution in [0.3, 0.4) is 0 Å². The van der Waals surface area contributed by atoms with Gasteiger partial charge < -0.3 is 19.5 Å². The summed E-state index contributed by atoms with van der Waals surface area (Å²) in [6, 6.07) is 12.1. The number of carbonyl (C=O) groups excluding carboxylic acids is 1. The van der Waals surface area contributed by atoms with Gasteiger partial charge in [0, 0.05) is 17.3 Å². The highest BCUT2D eigenvalue weighted by Crippen LogP contribution is 2.42. The number of amides is 1. The van der Waals surface area contributed by atoms with Gasteiger partial charge in [0.25, 0.3) is 5.91 Å². The normalized spacial score (nSPS) is 11.5. The molecule has 0 saturated carbocycles. The summed E-state index contributed by atoms with van der Waals surface area (Å²) in [5.41, 5.74) is -3.87. The van der Waals surface area contributed by atoms with Crippen LogP contribution in [0.5, 0.6) is 28.7 Å². The minimum atomic E-state index is -4.89. The van der Waals surface area contributed by atoms with Crippen molar-refractivity contribution in [2.75, 3.05) is 12.4 Å². The van der Waals surface area contributed by atoms with E-state index < -0.39 is 57.3 Å². The van der Waals surface area contributed by atoms with E-state index in [4.69, 9.17) is 14.2 Å². The van der Waals surface area contributed by atoms with Gasteiger partial charge in [-0.3, -0.25) is 14.9 Å². The molecule has 43 heavy (non-hydrogen) atoms. The van der Waals surface area contributed by atoms with Gasteiger partial charge in [-0.2, -0.15) is 26.3 Å². The maximum Gasteiger partial charge on any atom is 0.420 e. The average Bonchev–Trinajstić information content (AvgIpc) is 2.94. The molecule has 0 radical (unpaired) electrons. The molecule has 0 aliphatic carbocycles. The average molecular weight is 610 g/mol. The summed E-state index contributed by atoms with van der Waals surface area (Å²) in [5, 5.41) is 13.7. The Bertz CT molecular complexity index is 1670. The molecule has 0 spiro atoms. The number of halogens is 7. The number of methoxy groups -OCH3 is 1. The van der Waals surface area contributed by atoms with E-state index in [1.54, 1.807) is 0 Å². The first kappa shape index (κ1) is 30.6. The first-order chi connectivity index (χ1) is 20.2. The second-order valence-corrected chi connectivity index (χ2v) is 8.62. The van der Waals surface area contributed by atoms with Crippen molar-refractivity contribution in [2.24, 2.45) is 0 Å². The van der Waals surface area contributed by atoms with Gasteiger partial charge in [-0.15, -0.1) is 0 Å². The number of nitrogens with zero attached hydrogens (tertiary/aromatic N) is 1. The molecule has 0 aromatic heterocycles. The number of nitro benzene ring substituents is 1. The zero-order valence-corrected chi connectivity index (χ0v) is 21.5. The van der Waals surface area contributed by atoms with Crippen LogP contribution in [-0.2, 0) is 12.4 Å². The number of nitro groups is 1. The van der Waals surface area contributed by atoms with Gasteiger partial charge in [0.05, 0.1) is 17.6 Å². The number of anilines is 1. The Morgan fingerprint density at radius 1 is 0.767 bits per heavy atom. The largest absolute Gasteiger partial charge is 0.493 e. The van der Waals surface area contributed by atoms with Crippen molar-refractivity contribution in [2.45, 2.75) is 12.4 Å². The molecule has 8 nitrogen and oxygen atoms in total. The molecule has 4 aromatic carbocycles. The minimum absolute atomic E-state index is 0.0558. The lowest BCUT2D eigenvalue weighted by molar-refractivity contribution is -0.385. The van der Waals surface area contributed by atoms with Crippen LogP contribution < -0.4 is 19.5 Å². The minimum Gasteiger partial charge on any atom is -0.493 e.